The summed E-state index contributed by atoms with van der Waals surface area (Å²) in [5, 5.41) is 6.64. The van der Waals surface area contributed by atoms with Gasteiger partial charge in [-0.15, -0.1) is 24.0 Å². The number of hydrogen-bond acceptors (Lipinski definition) is 2. The minimum Gasteiger partial charge on any atom is -0.357 e. The largest absolute Gasteiger partial charge is 0.357 e. The first-order chi connectivity index (χ1) is 11.5. The Hall–Kier alpha value is -1.31. The number of halogens is 1. The summed E-state index contributed by atoms with van der Waals surface area (Å²) in [6.07, 6.45) is 2.08. The monoisotopic (exact) mass is 460 g/mol. The summed E-state index contributed by atoms with van der Waals surface area (Å²) >= 11 is 0. The predicted molar refractivity (Wildman–Crippen MR) is 117 cm³/mol. The van der Waals surface area contributed by atoms with Crippen LogP contribution in [0.5, 0.6) is 0 Å². The third-order valence-electron chi connectivity index (χ3n) is 4.55. The number of benzene rings is 1. The van der Waals surface area contributed by atoms with E-state index in [2.05, 4.69) is 53.7 Å². The van der Waals surface area contributed by atoms with E-state index in [0.717, 1.165) is 25.9 Å². The molecular formula is C19H33IN4O. The van der Waals surface area contributed by atoms with E-state index in [0.29, 0.717) is 5.96 Å². The van der Waals surface area contributed by atoms with E-state index < -0.39 is 0 Å². The summed E-state index contributed by atoms with van der Waals surface area (Å²) in [4.78, 5) is 17.7. The second kappa shape index (κ2) is 12.1. The molecule has 0 unspecified atom stereocenters. The van der Waals surface area contributed by atoms with Crippen LogP contribution in [0.4, 0.5) is 0 Å². The Morgan fingerprint density at radius 2 is 1.68 bits per heavy atom. The molecule has 0 aliphatic carbocycles. The number of carbonyl (C=O) groups is 1. The number of carbonyl (C=O) groups excluding carboxylic acids is 1. The highest BCUT2D eigenvalue weighted by Crippen LogP contribution is 2.30. The van der Waals surface area contributed by atoms with Gasteiger partial charge in [-0.3, -0.25) is 4.79 Å². The van der Waals surface area contributed by atoms with E-state index in [-0.39, 0.29) is 41.8 Å². The number of nitrogens with one attached hydrogen (secondary N) is 2. The molecule has 0 saturated carbocycles. The minimum absolute atomic E-state index is 0. The van der Waals surface area contributed by atoms with Crippen molar-refractivity contribution in [2.75, 3.05) is 33.7 Å². The average Bonchev–Trinajstić information content (AvgIpc) is 2.61. The number of rotatable bonds is 8. The Balaban J connectivity index is 0.00000576. The summed E-state index contributed by atoms with van der Waals surface area (Å²) in [5.41, 5.74) is 1.39. The first kappa shape index (κ1) is 23.7. The third kappa shape index (κ3) is 7.22. The van der Waals surface area contributed by atoms with Crippen LogP contribution in [0.3, 0.4) is 0 Å². The van der Waals surface area contributed by atoms with Crippen molar-refractivity contribution in [2.24, 2.45) is 4.99 Å². The zero-order chi connectivity index (χ0) is 18.0. The molecule has 0 radical (unpaired) electrons. The van der Waals surface area contributed by atoms with Crippen molar-refractivity contribution < 1.29 is 4.79 Å². The van der Waals surface area contributed by atoms with Gasteiger partial charge in [0.2, 0.25) is 5.91 Å². The highest BCUT2D eigenvalue weighted by atomic mass is 127. The first-order valence-electron chi connectivity index (χ1n) is 8.77. The fourth-order valence-electron chi connectivity index (χ4n) is 2.68. The molecule has 0 aliphatic heterocycles. The minimum atomic E-state index is -0.00694. The van der Waals surface area contributed by atoms with Crippen molar-refractivity contribution in [3.8, 4) is 0 Å². The molecule has 6 heteroatoms. The predicted octanol–water partition coefficient (Wildman–Crippen LogP) is 3.01. The Morgan fingerprint density at radius 1 is 1.08 bits per heavy atom. The molecule has 5 nitrogen and oxygen atoms in total. The molecule has 0 spiro atoms. The van der Waals surface area contributed by atoms with Gasteiger partial charge in [-0.2, -0.15) is 0 Å². The topological polar surface area (TPSA) is 56.7 Å². The molecule has 0 aromatic heterocycles. The summed E-state index contributed by atoms with van der Waals surface area (Å²) in [6.45, 7) is 8.16. The quantitative estimate of drug-likeness (QED) is 0.356. The molecule has 0 heterocycles. The molecular weight excluding hydrogens is 427 g/mol. The van der Waals surface area contributed by atoms with Crippen LogP contribution in [0.25, 0.3) is 0 Å². The SMILES string of the molecule is CCNC(=NCC(=O)N(C)C)NCC(CC)(CC)c1ccccc1.I. The van der Waals surface area contributed by atoms with Crippen LogP contribution in [0.2, 0.25) is 0 Å². The Kier molecular flexibility index (Phi) is 11.5. The van der Waals surface area contributed by atoms with E-state index in [9.17, 15) is 4.79 Å². The highest BCUT2D eigenvalue weighted by Gasteiger charge is 2.28. The van der Waals surface area contributed by atoms with E-state index in [1.54, 1.807) is 19.0 Å². The van der Waals surface area contributed by atoms with E-state index in [4.69, 9.17) is 0 Å². The molecule has 0 saturated heterocycles. The highest BCUT2D eigenvalue weighted by molar-refractivity contribution is 14.0. The lowest BCUT2D eigenvalue weighted by atomic mass is 9.76. The Morgan fingerprint density at radius 3 is 2.16 bits per heavy atom. The van der Waals surface area contributed by atoms with Gasteiger partial charge in [0.1, 0.15) is 6.54 Å². The number of guanidine groups is 1. The van der Waals surface area contributed by atoms with Crippen LogP contribution in [0.1, 0.15) is 39.2 Å². The number of amides is 1. The standard InChI is InChI=1S/C19H32N4O.HI/c1-6-19(7-2,16-12-10-9-11-13-16)15-22-18(20-8-3)21-14-17(24)23(4)5;/h9-13H,6-8,14-15H2,1-5H3,(H2,20,21,22);1H. The molecule has 1 aromatic rings. The molecule has 0 bridgehead atoms. The maximum Gasteiger partial charge on any atom is 0.243 e. The zero-order valence-electron chi connectivity index (χ0n) is 16.1. The van der Waals surface area contributed by atoms with E-state index >= 15 is 0 Å². The van der Waals surface area contributed by atoms with Crippen LogP contribution < -0.4 is 10.6 Å². The summed E-state index contributed by atoms with van der Waals surface area (Å²) in [5.74, 6) is 0.683. The molecule has 2 N–H and O–H groups in total. The molecule has 1 rings (SSSR count). The smallest absolute Gasteiger partial charge is 0.243 e. The number of aliphatic imine (C=N–C) groups is 1. The van der Waals surface area contributed by atoms with Gasteiger partial charge in [0.15, 0.2) is 5.96 Å². The number of likely N-dealkylation sites (N-methyl/N-ethyl adjacent to an activating group) is 1. The molecule has 1 amide bonds. The summed E-state index contributed by atoms with van der Waals surface area (Å²) < 4.78 is 0. The van der Waals surface area contributed by atoms with E-state index in [1.165, 1.54) is 5.56 Å². The van der Waals surface area contributed by atoms with Gasteiger partial charge >= 0.3 is 0 Å². The number of nitrogens with zero attached hydrogens (tertiary/aromatic N) is 2. The van der Waals surface area contributed by atoms with Gasteiger partial charge < -0.3 is 15.5 Å². The third-order valence-corrected chi connectivity index (χ3v) is 4.55. The maximum absolute atomic E-state index is 11.7. The van der Waals surface area contributed by atoms with Crippen LogP contribution >= 0.6 is 24.0 Å². The molecule has 25 heavy (non-hydrogen) atoms. The van der Waals surface area contributed by atoms with Crippen molar-refractivity contribution >= 4 is 35.8 Å². The number of hydrogen-bond donors (Lipinski definition) is 2. The van der Waals surface area contributed by atoms with Crippen molar-refractivity contribution in [1.29, 1.82) is 0 Å². The van der Waals surface area contributed by atoms with Crippen molar-refractivity contribution in [1.82, 2.24) is 15.5 Å². The van der Waals surface area contributed by atoms with Gasteiger partial charge in [0, 0.05) is 32.6 Å². The Labute approximate surface area is 169 Å². The second-order valence-corrected chi connectivity index (χ2v) is 6.19. The lowest BCUT2D eigenvalue weighted by Crippen LogP contribution is -2.45. The van der Waals surface area contributed by atoms with Crippen LogP contribution in [-0.4, -0.2) is 50.5 Å². The molecule has 0 fully saturated rings. The molecule has 142 valence electrons. The Bertz CT molecular complexity index is 527. The van der Waals surface area contributed by atoms with Crippen molar-refractivity contribution in [3.05, 3.63) is 35.9 Å². The van der Waals surface area contributed by atoms with Crippen LogP contribution in [0.15, 0.2) is 35.3 Å². The lowest BCUT2D eigenvalue weighted by molar-refractivity contribution is -0.127. The van der Waals surface area contributed by atoms with Crippen LogP contribution in [0, 0.1) is 0 Å². The summed E-state index contributed by atoms with van der Waals surface area (Å²) in [6, 6.07) is 10.6. The molecule has 0 atom stereocenters. The van der Waals surface area contributed by atoms with Crippen molar-refractivity contribution in [2.45, 2.75) is 39.0 Å². The van der Waals surface area contributed by atoms with Gasteiger partial charge in [-0.25, -0.2) is 4.99 Å². The molecule has 0 aliphatic rings. The van der Waals surface area contributed by atoms with Gasteiger partial charge in [-0.1, -0.05) is 44.2 Å². The average molecular weight is 460 g/mol. The zero-order valence-corrected chi connectivity index (χ0v) is 18.5. The first-order valence-corrected chi connectivity index (χ1v) is 8.77. The molecule has 1 aromatic carbocycles. The second-order valence-electron chi connectivity index (χ2n) is 6.19. The fraction of sp³-hybridized carbons (Fsp3) is 0.579. The van der Waals surface area contributed by atoms with Gasteiger partial charge in [0.05, 0.1) is 0 Å². The fourth-order valence-corrected chi connectivity index (χ4v) is 2.68. The summed E-state index contributed by atoms with van der Waals surface area (Å²) in [7, 11) is 3.49. The van der Waals surface area contributed by atoms with Gasteiger partial charge in [0.25, 0.3) is 0 Å². The van der Waals surface area contributed by atoms with Gasteiger partial charge in [-0.05, 0) is 25.3 Å². The lowest BCUT2D eigenvalue weighted by Gasteiger charge is -2.33. The van der Waals surface area contributed by atoms with E-state index in [1.807, 2.05) is 13.0 Å². The normalized spacial score (nSPS) is 11.5. The maximum atomic E-state index is 11.7. The van der Waals surface area contributed by atoms with Crippen LogP contribution in [-0.2, 0) is 10.2 Å². The van der Waals surface area contributed by atoms with Crippen molar-refractivity contribution in [3.63, 3.8) is 0 Å².